The Morgan fingerprint density at radius 1 is 1.65 bits per heavy atom. The fraction of sp³-hybridized carbons (Fsp3) is 0.769. The fourth-order valence-electron chi connectivity index (χ4n) is 2.35. The number of hydrogen-bond acceptors (Lipinski definition) is 4. The molecule has 4 heteroatoms. The van der Waals surface area contributed by atoms with Crippen molar-refractivity contribution < 1.29 is 0 Å². The van der Waals surface area contributed by atoms with Crippen LogP contribution in [0.15, 0.2) is 6.20 Å². The summed E-state index contributed by atoms with van der Waals surface area (Å²) in [5.74, 6) is 0.765. The molecule has 1 saturated heterocycles. The van der Waals surface area contributed by atoms with Crippen LogP contribution in [0.2, 0.25) is 0 Å². The van der Waals surface area contributed by atoms with Gasteiger partial charge in [-0.15, -0.1) is 11.3 Å². The largest absolute Gasteiger partial charge is 0.311 e. The highest BCUT2D eigenvalue weighted by Crippen LogP contribution is 2.17. The number of nitrogens with zero attached hydrogens (tertiary/aromatic N) is 2. The summed E-state index contributed by atoms with van der Waals surface area (Å²) in [6, 6.07) is 0.655. The van der Waals surface area contributed by atoms with Gasteiger partial charge in [0.2, 0.25) is 0 Å². The number of piperazine rings is 1. The lowest BCUT2D eigenvalue weighted by molar-refractivity contribution is 0.163. The van der Waals surface area contributed by atoms with Gasteiger partial charge < -0.3 is 5.32 Å². The Hall–Kier alpha value is -0.450. The van der Waals surface area contributed by atoms with Crippen LogP contribution in [0.3, 0.4) is 0 Å². The van der Waals surface area contributed by atoms with Crippen LogP contribution in [0.25, 0.3) is 0 Å². The summed E-state index contributed by atoms with van der Waals surface area (Å²) in [4.78, 5) is 8.28. The summed E-state index contributed by atoms with van der Waals surface area (Å²) in [5.41, 5.74) is 0. The van der Waals surface area contributed by atoms with Crippen LogP contribution in [-0.2, 0) is 6.54 Å². The molecule has 1 aliphatic rings. The van der Waals surface area contributed by atoms with Crippen molar-refractivity contribution in [2.45, 2.75) is 39.8 Å². The molecule has 2 rings (SSSR count). The summed E-state index contributed by atoms with van der Waals surface area (Å²) in [6.07, 6.45) is 3.28. The topological polar surface area (TPSA) is 28.2 Å². The SMILES string of the molecule is CCC(C)C1CN(Cc2cnc(C)s2)CCN1. The molecule has 3 nitrogen and oxygen atoms in total. The van der Waals surface area contributed by atoms with E-state index in [1.807, 2.05) is 17.5 Å². The van der Waals surface area contributed by atoms with E-state index in [2.05, 4.69) is 36.0 Å². The van der Waals surface area contributed by atoms with Gasteiger partial charge in [-0.05, 0) is 12.8 Å². The highest BCUT2D eigenvalue weighted by atomic mass is 32.1. The summed E-state index contributed by atoms with van der Waals surface area (Å²) < 4.78 is 0. The number of aryl methyl sites for hydroxylation is 1. The fourth-order valence-corrected chi connectivity index (χ4v) is 3.19. The van der Waals surface area contributed by atoms with Gasteiger partial charge in [0.05, 0.1) is 5.01 Å². The van der Waals surface area contributed by atoms with Crippen molar-refractivity contribution in [3.05, 3.63) is 16.1 Å². The molecule has 2 atom stereocenters. The van der Waals surface area contributed by atoms with Crippen molar-refractivity contribution in [2.75, 3.05) is 19.6 Å². The lowest BCUT2D eigenvalue weighted by atomic mass is 9.97. The van der Waals surface area contributed by atoms with Crippen molar-refractivity contribution in [2.24, 2.45) is 5.92 Å². The van der Waals surface area contributed by atoms with Gasteiger partial charge in [0.15, 0.2) is 0 Å². The maximum absolute atomic E-state index is 4.33. The van der Waals surface area contributed by atoms with Gasteiger partial charge in [-0.3, -0.25) is 4.90 Å². The second kappa shape index (κ2) is 5.94. The maximum Gasteiger partial charge on any atom is 0.0897 e. The molecule has 0 radical (unpaired) electrons. The molecule has 1 N–H and O–H groups in total. The van der Waals surface area contributed by atoms with E-state index >= 15 is 0 Å². The van der Waals surface area contributed by atoms with Crippen LogP contribution in [0.4, 0.5) is 0 Å². The molecule has 0 spiro atoms. The molecular weight excluding hydrogens is 230 g/mol. The second-order valence-corrected chi connectivity index (χ2v) is 6.35. The molecule has 2 heterocycles. The average Bonchev–Trinajstić information content (AvgIpc) is 2.74. The van der Waals surface area contributed by atoms with Gasteiger partial charge in [0.25, 0.3) is 0 Å². The first-order valence-corrected chi connectivity index (χ1v) is 7.37. The van der Waals surface area contributed by atoms with Gasteiger partial charge in [0, 0.05) is 43.3 Å². The van der Waals surface area contributed by atoms with E-state index in [-0.39, 0.29) is 0 Å². The Kier molecular flexibility index (Phi) is 4.54. The van der Waals surface area contributed by atoms with E-state index < -0.39 is 0 Å². The van der Waals surface area contributed by atoms with Crippen LogP contribution in [0.5, 0.6) is 0 Å². The first-order valence-electron chi connectivity index (χ1n) is 6.56. The first-order chi connectivity index (χ1) is 8.19. The Bertz CT molecular complexity index is 350. The van der Waals surface area contributed by atoms with Crippen molar-refractivity contribution >= 4 is 11.3 Å². The third-order valence-electron chi connectivity index (χ3n) is 3.67. The lowest BCUT2D eigenvalue weighted by Crippen LogP contribution is -2.52. The summed E-state index contributed by atoms with van der Waals surface area (Å²) >= 11 is 1.82. The molecule has 0 aromatic carbocycles. The van der Waals surface area contributed by atoms with Crippen LogP contribution in [-0.4, -0.2) is 35.6 Å². The predicted molar refractivity (Wildman–Crippen MR) is 73.4 cm³/mol. The average molecular weight is 253 g/mol. The molecule has 0 saturated carbocycles. The maximum atomic E-state index is 4.33. The number of thiazole rings is 1. The molecule has 1 fully saturated rings. The van der Waals surface area contributed by atoms with Crippen LogP contribution in [0.1, 0.15) is 30.2 Å². The Morgan fingerprint density at radius 3 is 3.12 bits per heavy atom. The number of rotatable bonds is 4. The number of nitrogens with one attached hydrogen (secondary N) is 1. The molecule has 96 valence electrons. The van der Waals surface area contributed by atoms with E-state index in [0.29, 0.717) is 6.04 Å². The van der Waals surface area contributed by atoms with Crippen LogP contribution < -0.4 is 5.32 Å². The molecule has 0 aliphatic carbocycles. The van der Waals surface area contributed by atoms with E-state index in [1.54, 1.807) is 0 Å². The van der Waals surface area contributed by atoms with Gasteiger partial charge in [-0.1, -0.05) is 20.3 Å². The van der Waals surface area contributed by atoms with E-state index in [0.717, 1.165) is 25.6 Å². The van der Waals surface area contributed by atoms with Crippen molar-refractivity contribution in [1.29, 1.82) is 0 Å². The van der Waals surface area contributed by atoms with E-state index in [9.17, 15) is 0 Å². The molecule has 1 aromatic rings. The quantitative estimate of drug-likeness (QED) is 0.892. The summed E-state index contributed by atoms with van der Waals surface area (Å²) in [5, 5.41) is 4.81. The molecule has 0 bridgehead atoms. The highest BCUT2D eigenvalue weighted by molar-refractivity contribution is 7.11. The highest BCUT2D eigenvalue weighted by Gasteiger charge is 2.23. The molecule has 0 amide bonds. The number of hydrogen-bond donors (Lipinski definition) is 1. The molecule has 2 unspecified atom stereocenters. The Balaban J connectivity index is 1.89. The normalized spacial score (nSPS) is 23.8. The molecule has 1 aliphatic heterocycles. The van der Waals surface area contributed by atoms with Gasteiger partial charge in [0.1, 0.15) is 0 Å². The monoisotopic (exact) mass is 253 g/mol. The smallest absolute Gasteiger partial charge is 0.0897 e. The molecule has 17 heavy (non-hydrogen) atoms. The van der Waals surface area contributed by atoms with Crippen molar-refractivity contribution in [1.82, 2.24) is 15.2 Å². The van der Waals surface area contributed by atoms with Crippen molar-refractivity contribution in [3.63, 3.8) is 0 Å². The Morgan fingerprint density at radius 2 is 2.47 bits per heavy atom. The van der Waals surface area contributed by atoms with Crippen LogP contribution >= 0.6 is 11.3 Å². The number of aromatic nitrogens is 1. The zero-order valence-corrected chi connectivity index (χ0v) is 11.9. The summed E-state index contributed by atoms with van der Waals surface area (Å²) in [7, 11) is 0. The lowest BCUT2D eigenvalue weighted by Gasteiger charge is -2.36. The van der Waals surface area contributed by atoms with E-state index in [4.69, 9.17) is 0 Å². The van der Waals surface area contributed by atoms with Crippen LogP contribution in [0, 0.1) is 12.8 Å². The first kappa shape index (κ1) is 13.0. The van der Waals surface area contributed by atoms with E-state index in [1.165, 1.54) is 22.9 Å². The zero-order chi connectivity index (χ0) is 12.3. The van der Waals surface area contributed by atoms with Gasteiger partial charge in [-0.25, -0.2) is 4.98 Å². The second-order valence-electron chi connectivity index (χ2n) is 5.03. The minimum absolute atomic E-state index is 0.655. The summed E-state index contributed by atoms with van der Waals surface area (Å²) in [6.45, 7) is 11.2. The molecule has 1 aromatic heterocycles. The van der Waals surface area contributed by atoms with Gasteiger partial charge >= 0.3 is 0 Å². The minimum atomic E-state index is 0.655. The third kappa shape index (κ3) is 3.50. The van der Waals surface area contributed by atoms with Gasteiger partial charge in [-0.2, -0.15) is 0 Å². The minimum Gasteiger partial charge on any atom is -0.311 e. The molecular formula is C13H23N3S. The zero-order valence-electron chi connectivity index (χ0n) is 11.1. The Labute approximate surface area is 108 Å². The standard InChI is InChI=1S/C13H23N3S/c1-4-10(2)13-9-16(6-5-14-13)8-12-7-15-11(3)17-12/h7,10,13-14H,4-6,8-9H2,1-3H3. The van der Waals surface area contributed by atoms with Crippen molar-refractivity contribution in [3.8, 4) is 0 Å². The third-order valence-corrected chi connectivity index (χ3v) is 4.57. The predicted octanol–water partition coefficient (Wildman–Crippen LogP) is 2.27.